The van der Waals surface area contributed by atoms with Crippen molar-refractivity contribution in [2.24, 2.45) is 0 Å². The van der Waals surface area contributed by atoms with Gasteiger partial charge in [0.2, 0.25) is 5.95 Å². The maximum Gasteiger partial charge on any atom is 0.255 e. The molecule has 3 heterocycles. The Hall–Kier alpha value is -4.66. The van der Waals surface area contributed by atoms with Crippen LogP contribution in [0.25, 0.3) is 0 Å². The Morgan fingerprint density at radius 3 is 2.74 bits per heavy atom. The Morgan fingerprint density at radius 2 is 1.97 bits per heavy atom. The number of nitrogens with zero attached hydrogens (tertiary/aromatic N) is 4. The molecule has 5 rings (SSSR count). The van der Waals surface area contributed by atoms with Crippen molar-refractivity contribution in [3.05, 3.63) is 102 Å². The second-order valence-corrected chi connectivity index (χ2v) is 7.97. The Balaban J connectivity index is 1.48. The third-order valence-corrected chi connectivity index (χ3v) is 5.70. The van der Waals surface area contributed by atoms with Crippen molar-refractivity contribution in [3.8, 4) is 11.5 Å². The van der Waals surface area contributed by atoms with Crippen LogP contribution in [0.1, 0.15) is 24.1 Å². The van der Waals surface area contributed by atoms with Gasteiger partial charge in [-0.05, 0) is 42.3 Å². The van der Waals surface area contributed by atoms with Crippen LogP contribution >= 0.6 is 0 Å². The van der Waals surface area contributed by atoms with Gasteiger partial charge in [0.05, 0.1) is 24.6 Å². The number of anilines is 2. The average molecular weight is 469 g/mol. The summed E-state index contributed by atoms with van der Waals surface area (Å²) in [5.74, 6) is 1.45. The second-order valence-electron chi connectivity index (χ2n) is 7.97. The molecule has 0 saturated carbocycles. The van der Waals surface area contributed by atoms with Gasteiger partial charge in [-0.15, -0.1) is 0 Å². The third-order valence-electron chi connectivity index (χ3n) is 5.70. The summed E-state index contributed by atoms with van der Waals surface area (Å²) in [6, 6.07) is 18.6. The summed E-state index contributed by atoms with van der Waals surface area (Å²) in [5.41, 5.74) is 3.64. The molecule has 9 heteroatoms. The molecule has 1 atom stereocenters. The number of rotatable bonds is 7. The molecule has 1 aliphatic rings. The van der Waals surface area contributed by atoms with E-state index in [1.54, 1.807) is 36.3 Å². The fourth-order valence-electron chi connectivity index (χ4n) is 4.04. The van der Waals surface area contributed by atoms with Crippen molar-refractivity contribution in [1.82, 2.24) is 19.7 Å². The minimum absolute atomic E-state index is 0.266. The number of fused-ring (bicyclic) bond motifs is 1. The summed E-state index contributed by atoms with van der Waals surface area (Å²) >= 11 is 0. The van der Waals surface area contributed by atoms with Crippen LogP contribution < -0.4 is 20.1 Å². The summed E-state index contributed by atoms with van der Waals surface area (Å²) in [6.07, 6.45) is 4.71. The van der Waals surface area contributed by atoms with Crippen LogP contribution in [0.15, 0.2) is 90.7 Å². The first-order valence-corrected chi connectivity index (χ1v) is 11.1. The highest BCUT2D eigenvalue weighted by Gasteiger charge is 2.34. The molecule has 1 amide bonds. The fraction of sp³-hybridized carbons (Fsp3) is 0.154. The van der Waals surface area contributed by atoms with Crippen LogP contribution in [0.2, 0.25) is 0 Å². The normalized spacial score (nSPS) is 14.6. The van der Waals surface area contributed by atoms with E-state index in [2.05, 4.69) is 25.7 Å². The first kappa shape index (κ1) is 22.1. The molecule has 176 valence electrons. The van der Waals surface area contributed by atoms with Gasteiger partial charge in [0.1, 0.15) is 19.0 Å². The van der Waals surface area contributed by atoms with Gasteiger partial charge in [-0.2, -0.15) is 10.1 Å². The molecule has 2 aromatic heterocycles. The number of carbonyl (C=O) groups is 1. The van der Waals surface area contributed by atoms with Crippen LogP contribution in [0.5, 0.6) is 11.5 Å². The van der Waals surface area contributed by atoms with Gasteiger partial charge in [0.25, 0.3) is 5.91 Å². The number of pyridine rings is 1. The number of allylic oxidation sites excluding steroid dienone is 1. The number of carbonyl (C=O) groups excluding carboxylic acids is 1. The quantitative estimate of drug-likeness (QED) is 0.419. The Morgan fingerprint density at radius 1 is 1.11 bits per heavy atom. The topological polar surface area (TPSA) is 103 Å². The number of hydrogen-bond donors (Lipinski definition) is 2. The van der Waals surface area contributed by atoms with Gasteiger partial charge in [0.15, 0.2) is 11.5 Å². The second kappa shape index (κ2) is 9.68. The van der Waals surface area contributed by atoms with Gasteiger partial charge in [-0.3, -0.25) is 9.78 Å². The summed E-state index contributed by atoms with van der Waals surface area (Å²) in [7, 11) is 1.59. The number of hydrogen-bond acceptors (Lipinski definition) is 7. The molecule has 9 nitrogen and oxygen atoms in total. The summed E-state index contributed by atoms with van der Waals surface area (Å²) < 4.78 is 13.3. The largest absolute Gasteiger partial charge is 0.493 e. The highest BCUT2D eigenvalue weighted by Crippen LogP contribution is 2.39. The van der Waals surface area contributed by atoms with E-state index < -0.39 is 6.04 Å². The van der Waals surface area contributed by atoms with E-state index in [1.807, 2.05) is 55.5 Å². The van der Waals surface area contributed by atoms with Crippen molar-refractivity contribution in [3.63, 3.8) is 0 Å². The minimum atomic E-state index is -0.525. The van der Waals surface area contributed by atoms with E-state index in [0.717, 1.165) is 11.1 Å². The highest BCUT2D eigenvalue weighted by molar-refractivity contribution is 6.05. The standard InChI is InChI=1S/C26H24N6O3/c1-17-23(25(33)31-20-9-6-12-27-14-20)24(32-26(30-17)28-16-29-32)19-10-11-21(22(13-19)34-2)35-15-18-7-4-3-5-8-18/h3-14,16,24H,15H2,1-2H3,(H,31,33)(H,28,29,30)/t24-/m0/s1. The maximum absolute atomic E-state index is 13.4. The van der Waals surface area contributed by atoms with Gasteiger partial charge < -0.3 is 20.1 Å². The van der Waals surface area contributed by atoms with Crippen LogP contribution in [0.4, 0.5) is 11.6 Å². The Bertz CT molecular complexity index is 1370. The van der Waals surface area contributed by atoms with E-state index in [0.29, 0.717) is 41.0 Å². The molecule has 0 unspecified atom stereocenters. The third kappa shape index (κ3) is 4.56. The van der Waals surface area contributed by atoms with Crippen molar-refractivity contribution in [1.29, 1.82) is 0 Å². The van der Waals surface area contributed by atoms with Crippen LogP contribution in [0, 0.1) is 0 Å². The molecule has 0 spiro atoms. The fourth-order valence-corrected chi connectivity index (χ4v) is 4.04. The molecule has 0 bridgehead atoms. The molecule has 0 saturated heterocycles. The molecule has 0 aliphatic carbocycles. The molecule has 2 N–H and O–H groups in total. The van der Waals surface area contributed by atoms with Gasteiger partial charge >= 0.3 is 0 Å². The Labute approximate surface area is 202 Å². The van der Waals surface area contributed by atoms with E-state index in [1.165, 1.54) is 6.33 Å². The van der Waals surface area contributed by atoms with Gasteiger partial charge in [-0.1, -0.05) is 36.4 Å². The zero-order valence-electron chi connectivity index (χ0n) is 19.3. The molecule has 0 fully saturated rings. The smallest absolute Gasteiger partial charge is 0.255 e. The van der Waals surface area contributed by atoms with Crippen LogP contribution in [0.3, 0.4) is 0 Å². The molecule has 4 aromatic rings. The summed E-state index contributed by atoms with van der Waals surface area (Å²) in [4.78, 5) is 21.8. The van der Waals surface area contributed by atoms with E-state index in [4.69, 9.17) is 9.47 Å². The first-order chi connectivity index (χ1) is 17.1. The predicted molar refractivity (Wildman–Crippen MR) is 131 cm³/mol. The summed E-state index contributed by atoms with van der Waals surface area (Å²) in [5, 5.41) is 10.5. The van der Waals surface area contributed by atoms with E-state index in [-0.39, 0.29) is 5.91 Å². The van der Waals surface area contributed by atoms with Crippen molar-refractivity contribution in [2.75, 3.05) is 17.7 Å². The minimum Gasteiger partial charge on any atom is -0.493 e. The Kier molecular flexibility index (Phi) is 6.13. The molecule has 1 aliphatic heterocycles. The van der Waals surface area contributed by atoms with E-state index in [9.17, 15) is 4.79 Å². The predicted octanol–water partition coefficient (Wildman–Crippen LogP) is 4.19. The lowest BCUT2D eigenvalue weighted by Crippen LogP contribution is -2.31. The molecular formula is C26H24N6O3. The number of benzene rings is 2. The number of ether oxygens (including phenoxy) is 2. The monoisotopic (exact) mass is 468 g/mol. The van der Waals surface area contributed by atoms with E-state index >= 15 is 0 Å². The zero-order valence-corrected chi connectivity index (χ0v) is 19.3. The first-order valence-electron chi connectivity index (χ1n) is 11.1. The number of methoxy groups -OCH3 is 1. The van der Waals surface area contributed by atoms with Crippen molar-refractivity contribution >= 4 is 17.5 Å². The number of aromatic nitrogens is 4. The van der Waals surface area contributed by atoms with Crippen molar-refractivity contribution < 1.29 is 14.3 Å². The van der Waals surface area contributed by atoms with Crippen LogP contribution in [-0.4, -0.2) is 32.8 Å². The lowest BCUT2D eigenvalue weighted by Gasteiger charge is -2.29. The number of nitrogens with one attached hydrogen (secondary N) is 2. The molecular weight excluding hydrogens is 444 g/mol. The average Bonchev–Trinajstić information content (AvgIpc) is 3.35. The zero-order chi connectivity index (χ0) is 24.2. The molecule has 35 heavy (non-hydrogen) atoms. The van der Waals surface area contributed by atoms with Crippen LogP contribution in [-0.2, 0) is 11.4 Å². The lowest BCUT2D eigenvalue weighted by atomic mass is 9.94. The highest BCUT2D eigenvalue weighted by atomic mass is 16.5. The maximum atomic E-state index is 13.4. The molecule has 0 radical (unpaired) electrons. The SMILES string of the molecule is COc1cc([C@H]2C(C(=O)Nc3cccnc3)=C(C)Nc3ncnn32)ccc1OCc1ccccc1. The number of amides is 1. The van der Waals surface area contributed by atoms with Crippen molar-refractivity contribution in [2.45, 2.75) is 19.6 Å². The van der Waals surface area contributed by atoms with Gasteiger partial charge in [-0.25, -0.2) is 4.68 Å². The molecule has 2 aromatic carbocycles. The summed E-state index contributed by atoms with van der Waals surface area (Å²) in [6.45, 7) is 2.26. The van der Waals surface area contributed by atoms with Gasteiger partial charge in [0, 0.05) is 11.9 Å². The lowest BCUT2D eigenvalue weighted by molar-refractivity contribution is -0.113.